The first-order valence-electron chi connectivity index (χ1n) is 20.2. The second kappa shape index (κ2) is 13.4. The van der Waals surface area contributed by atoms with Gasteiger partial charge in [0.15, 0.2) is 18.7 Å². The standard InChI is InChI=1S/C41H64O13/c1-36(2)14-16-41(35(49)50)17-15-39(6)20(21(41)18-36)8-9-24-38(5)12-11-25(37(3,4)23(38)10-13-40(24,39)7)52-34-29(46)30(28(45)31(54-34)32(47)48)53-33-27(44)26(43)22(42)19-51-33/h8,21-31,33-34,42-46H,9-19H2,1-7H3,(H,47,48)(H,49,50)/t21-,22+,23?,24?,25-,26-,27+,28-,29+,30-,31-,33-,34+,38-,39+,40+,41-/m0/s1. The first-order chi connectivity index (χ1) is 25.0. The van der Waals surface area contributed by atoms with Gasteiger partial charge in [0.05, 0.1) is 18.1 Å². The minimum Gasteiger partial charge on any atom is -0.481 e. The monoisotopic (exact) mass is 764 g/mol. The molecule has 5 aliphatic carbocycles. The zero-order valence-electron chi connectivity index (χ0n) is 32.9. The molecule has 7 aliphatic rings. The molecule has 2 saturated heterocycles. The van der Waals surface area contributed by atoms with Gasteiger partial charge in [0.1, 0.15) is 36.6 Å². The van der Waals surface area contributed by atoms with E-state index in [1.165, 1.54) is 5.57 Å². The van der Waals surface area contributed by atoms with Crippen LogP contribution in [0.25, 0.3) is 0 Å². The second-order valence-electron chi connectivity index (χ2n) is 20.3. The first-order valence-corrected chi connectivity index (χ1v) is 20.2. The molecule has 2 unspecified atom stereocenters. The van der Waals surface area contributed by atoms with Crippen molar-refractivity contribution in [2.45, 2.75) is 174 Å². The predicted molar refractivity (Wildman–Crippen MR) is 192 cm³/mol. The average molecular weight is 765 g/mol. The quantitative estimate of drug-likeness (QED) is 0.152. The van der Waals surface area contributed by atoms with E-state index >= 15 is 0 Å². The van der Waals surface area contributed by atoms with Crippen LogP contribution in [0.1, 0.15) is 113 Å². The summed E-state index contributed by atoms with van der Waals surface area (Å²) in [7, 11) is 0. The molecule has 4 saturated carbocycles. The van der Waals surface area contributed by atoms with E-state index in [4.69, 9.17) is 18.9 Å². The third kappa shape index (κ3) is 5.88. The number of carbonyl (C=O) groups is 2. The number of fused-ring (bicyclic) bond motifs is 7. The molecule has 17 atom stereocenters. The number of hydrogen-bond donors (Lipinski definition) is 7. The molecule has 0 aromatic carbocycles. The minimum absolute atomic E-state index is 0.0359. The zero-order valence-corrected chi connectivity index (χ0v) is 32.9. The lowest BCUT2D eigenvalue weighted by Crippen LogP contribution is -2.66. The molecule has 13 heteroatoms. The molecule has 2 aliphatic heterocycles. The third-order valence-corrected chi connectivity index (χ3v) is 16.8. The van der Waals surface area contributed by atoms with Crippen molar-refractivity contribution in [1.29, 1.82) is 0 Å². The van der Waals surface area contributed by atoms with Crippen molar-refractivity contribution in [2.75, 3.05) is 6.61 Å². The van der Waals surface area contributed by atoms with Crippen molar-refractivity contribution in [1.82, 2.24) is 0 Å². The fraction of sp³-hybridized carbons (Fsp3) is 0.902. The number of carboxylic acids is 2. The van der Waals surface area contributed by atoms with E-state index in [2.05, 4.69) is 54.5 Å². The van der Waals surface area contributed by atoms with Gasteiger partial charge in [-0.1, -0.05) is 60.1 Å². The number of rotatable bonds is 6. The van der Waals surface area contributed by atoms with Crippen LogP contribution in [0.5, 0.6) is 0 Å². The Hall–Kier alpha value is -1.68. The maximum atomic E-state index is 13.0. The van der Waals surface area contributed by atoms with Crippen LogP contribution in [-0.4, -0.2) is 116 Å². The molecule has 2 heterocycles. The molecular weight excluding hydrogens is 700 g/mol. The number of aliphatic carboxylic acids is 2. The molecule has 0 bridgehead atoms. The molecule has 0 aromatic heterocycles. The number of hydrogen-bond acceptors (Lipinski definition) is 11. The lowest BCUT2D eigenvalue weighted by atomic mass is 9.33. The van der Waals surface area contributed by atoms with E-state index < -0.39 is 84.2 Å². The zero-order chi connectivity index (χ0) is 39.6. The highest BCUT2D eigenvalue weighted by Crippen LogP contribution is 2.76. The van der Waals surface area contributed by atoms with Crippen LogP contribution in [0, 0.1) is 50.2 Å². The lowest BCUT2D eigenvalue weighted by molar-refractivity contribution is -0.357. The Morgan fingerprint density at radius 2 is 1.44 bits per heavy atom. The van der Waals surface area contributed by atoms with Gasteiger partial charge in [-0.25, -0.2) is 4.79 Å². The Labute approximate surface area is 318 Å². The summed E-state index contributed by atoms with van der Waals surface area (Å²) in [6, 6.07) is 0. The Balaban J connectivity index is 1.13. The smallest absolute Gasteiger partial charge is 0.335 e. The summed E-state index contributed by atoms with van der Waals surface area (Å²) in [5, 5.41) is 73.6. The van der Waals surface area contributed by atoms with E-state index in [-0.39, 0.29) is 40.1 Å². The van der Waals surface area contributed by atoms with Crippen LogP contribution < -0.4 is 0 Å². The Kier molecular flexibility index (Phi) is 10.1. The van der Waals surface area contributed by atoms with Crippen molar-refractivity contribution < 1.29 is 64.3 Å². The van der Waals surface area contributed by atoms with Crippen LogP contribution >= 0.6 is 0 Å². The van der Waals surface area contributed by atoms with Gasteiger partial charge in [-0.15, -0.1) is 0 Å². The topological polar surface area (TPSA) is 213 Å². The van der Waals surface area contributed by atoms with Crippen LogP contribution in [0.4, 0.5) is 0 Å². The highest BCUT2D eigenvalue weighted by molar-refractivity contribution is 5.76. The largest absolute Gasteiger partial charge is 0.481 e. The molecule has 6 fully saturated rings. The van der Waals surface area contributed by atoms with Crippen LogP contribution in [0.3, 0.4) is 0 Å². The van der Waals surface area contributed by atoms with Crippen molar-refractivity contribution in [3.63, 3.8) is 0 Å². The maximum Gasteiger partial charge on any atom is 0.335 e. The van der Waals surface area contributed by atoms with Gasteiger partial charge in [-0.2, -0.15) is 0 Å². The van der Waals surface area contributed by atoms with Gasteiger partial charge in [0.25, 0.3) is 0 Å². The van der Waals surface area contributed by atoms with Gasteiger partial charge < -0.3 is 54.7 Å². The molecule has 0 aromatic rings. The molecule has 54 heavy (non-hydrogen) atoms. The SMILES string of the molecule is CC1(C)CC[C@]2(C(=O)O)CC[C@]3(C)C(=CCC4[C@@]5(C)CC[C@H](O[C@@H]6O[C@H](C(=O)O)[C@@H](O)[C@H](O[C@@H]7OC[C@@H](O)[C@H](O)[C@H]7O)[C@H]6O)C(C)(C)C5CC[C@]43C)[C@@H]2C1. The maximum absolute atomic E-state index is 13.0. The van der Waals surface area contributed by atoms with Gasteiger partial charge in [0, 0.05) is 0 Å². The van der Waals surface area contributed by atoms with E-state index in [1.807, 2.05) is 0 Å². The summed E-state index contributed by atoms with van der Waals surface area (Å²) >= 11 is 0. The minimum atomic E-state index is -1.86. The Morgan fingerprint density at radius 1 is 0.759 bits per heavy atom. The number of carboxylic acid groups (broad SMARTS) is 2. The van der Waals surface area contributed by atoms with Gasteiger partial charge in [-0.05, 0) is 109 Å². The van der Waals surface area contributed by atoms with E-state index in [0.29, 0.717) is 18.8 Å². The second-order valence-corrected chi connectivity index (χ2v) is 20.3. The highest BCUT2D eigenvalue weighted by atomic mass is 16.7. The number of aliphatic hydroxyl groups excluding tert-OH is 5. The summed E-state index contributed by atoms with van der Waals surface area (Å²) in [5.74, 6) is -1.53. The summed E-state index contributed by atoms with van der Waals surface area (Å²) in [4.78, 5) is 25.3. The van der Waals surface area contributed by atoms with Crippen molar-refractivity contribution in [2.24, 2.45) is 50.2 Å². The molecule has 0 amide bonds. The van der Waals surface area contributed by atoms with Crippen molar-refractivity contribution in [3.8, 4) is 0 Å². The number of ether oxygens (including phenoxy) is 4. The summed E-state index contributed by atoms with van der Waals surface area (Å²) in [5.41, 5.74) is 0.110. The molecule has 13 nitrogen and oxygen atoms in total. The molecule has 0 radical (unpaired) electrons. The Morgan fingerprint density at radius 3 is 2.11 bits per heavy atom. The summed E-state index contributed by atoms with van der Waals surface area (Å²) in [6.45, 7) is 15.9. The average Bonchev–Trinajstić information content (AvgIpc) is 3.08. The molecule has 0 spiro atoms. The number of aliphatic hydroxyl groups is 5. The van der Waals surface area contributed by atoms with Gasteiger partial charge >= 0.3 is 11.9 Å². The summed E-state index contributed by atoms with van der Waals surface area (Å²) < 4.78 is 23.3. The van der Waals surface area contributed by atoms with E-state index in [0.717, 1.165) is 51.4 Å². The van der Waals surface area contributed by atoms with Gasteiger partial charge in [-0.3, -0.25) is 4.79 Å². The normalized spacial score (nSPS) is 52.4. The molecule has 7 N–H and O–H groups in total. The highest BCUT2D eigenvalue weighted by Gasteiger charge is 2.69. The fourth-order valence-corrected chi connectivity index (χ4v) is 13.4. The van der Waals surface area contributed by atoms with Crippen LogP contribution in [-0.2, 0) is 28.5 Å². The van der Waals surface area contributed by atoms with E-state index in [1.54, 1.807) is 0 Å². The van der Waals surface area contributed by atoms with Crippen LogP contribution in [0.2, 0.25) is 0 Å². The predicted octanol–water partition coefficient (Wildman–Crippen LogP) is 3.61. The van der Waals surface area contributed by atoms with E-state index in [9.17, 15) is 45.3 Å². The Bertz CT molecular complexity index is 1510. The van der Waals surface area contributed by atoms with Crippen LogP contribution in [0.15, 0.2) is 11.6 Å². The molecular formula is C41H64O13. The molecule has 306 valence electrons. The lowest BCUT2D eigenvalue weighted by Gasteiger charge is -2.71. The fourth-order valence-electron chi connectivity index (χ4n) is 13.4. The molecule has 7 rings (SSSR count). The van der Waals surface area contributed by atoms with Gasteiger partial charge in [0.2, 0.25) is 0 Å². The van der Waals surface area contributed by atoms with Crippen molar-refractivity contribution >= 4 is 11.9 Å². The third-order valence-electron chi connectivity index (χ3n) is 16.8. The first kappa shape index (κ1) is 40.5. The number of allylic oxidation sites excluding steroid dienone is 2. The van der Waals surface area contributed by atoms with Crippen molar-refractivity contribution in [3.05, 3.63) is 11.6 Å². The summed E-state index contributed by atoms with van der Waals surface area (Å²) in [6.07, 6.45) is -4.35.